The van der Waals surface area contributed by atoms with Gasteiger partial charge >= 0.3 is 5.97 Å². The highest BCUT2D eigenvalue weighted by atomic mass is 19.1. The molecule has 1 amide bonds. The third-order valence-corrected chi connectivity index (χ3v) is 3.15. The summed E-state index contributed by atoms with van der Waals surface area (Å²) in [5, 5.41) is 11.4. The van der Waals surface area contributed by atoms with Crippen LogP contribution in [0.3, 0.4) is 0 Å². The van der Waals surface area contributed by atoms with E-state index in [1.54, 1.807) is 19.1 Å². The van der Waals surface area contributed by atoms with Crippen LogP contribution in [0.15, 0.2) is 24.3 Å². The Morgan fingerprint density at radius 1 is 1.44 bits per heavy atom. The summed E-state index contributed by atoms with van der Waals surface area (Å²) in [5.74, 6) is -2.58. The molecule has 1 aliphatic rings. The van der Waals surface area contributed by atoms with Gasteiger partial charge in [-0.15, -0.1) is 0 Å². The minimum atomic E-state index is -0.937. The number of carbonyl (C=O) groups excluding carboxylic acids is 1. The van der Waals surface area contributed by atoms with Gasteiger partial charge < -0.3 is 10.4 Å². The lowest BCUT2D eigenvalue weighted by Gasteiger charge is -2.14. The summed E-state index contributed by atoms with van der Waals surface area (Å²) in [6, 6.07) is 5.65. The number of carbonyl (C=O) groups is 2. The Labute approximate surface area is 104 Å². The van der Waals surface area contributed by atoms with Crippen LogP contribution in [-0.4, -0.2) is 17.0 Å². The number of carboxylic acids is 1. The average Bonchev–Trinajstić information content (AvgIpc) is 3.08. The Bertz CT molecular complexity index is 489. The zero-order valence-corrected chi connectivity index (χ0v) is 9.89. The quantitative estimate of drug-likeness (QED) is 0.856. The highest BCUT2D eigenvalue weighted by Gasteiger charge is 2.48. The first-order chi connectivity index (χ1) is 8.49. The lowest BCUT2D eigenvalue weighted by molar-refractivity contribution is -0.140. The van der Waals surface area contributed by atoms with Crippen molar-refractivity contribution in [2.45, 2.75) is 19.4 Å². The average molecular weight is 251 g/mol. The van der Waals surface area contributed by atoms with Gasteiger partial charge in [0.25, 0.3) is 0 Å². The van der Waals surface area contributed by atoms with Gasteiger partial charge in [-0.3, -0.25) is 9.59 Å². The Balaban J connectivity index is 1.94. The van der Waals surface area contributed by atoms with E-state index in [1.165, 1.54) is 12.1 Å². The summed E-state index contributed by atoms with van der Waals surface area (Å²) in [6.07, 6.45) is 0.386. The standard InChI is InChI=1S/C13H14FNO3/c1-7(8-3-2-4-9(14)5-8)15-12(16)10-6-11(10)13(17)18/h2-5,7,10-11H,6H2,1H3,(H,15,16)(H,17,18). The fraction of sp³-hybridized carbons (Fsp3) is 0.385. The van der Waals surface area contributed by atoms with Crippen LogP contribution in [0.5, 0.6) is 0 Å². The number of amides is 1. The number of aliphatic carboxylic acids is 1. The molecule has 3 unspecified atom stereocenters. The summed E-state index contributed by atoms with van der Waals surface area (Å²) >= 11 is 0. The Morgan fingerprint density at radius 2 is 2.17 bits per heavy atom. The third-order valence-electron chi connectivity index (χ3n) is 3.15. The van der Waals surface area contributed by atoms with Crippen molar-refractivity contribution in [3.63, 3.8) is 0 Å². The maximum atomic E-state index is 13.0. The van der Waals surface area contributed by atoms with Gasteiger partial charge in [-0.05, 0) is 31.0 Å². The van der Waals surface area contributed by atoms with Gasteiger partial charge in [0.2, 0.25) is 5.91 Å². The van der Waals surface area contributed by atoms with Crippen LogP contribution >= 0.6 is 0 Å². The maximum Gasteiger partial charge on any atom is 0.307 e. The number of hydrogen-bond donors (Lipinski definition) is 2. The van der Waals surface area contributed by atoms with Crippen LogP contribution in [0, 0.1) is 17.7 Å². The fourth-order valence-electron chi connectivity index (χ4n) is 1.94. The molecular formula is C13H14FNO3. The van der Waals surface area contributed by atoms with E-state index < -0.39 is 17.8 Å². The van der Waals surface area contributed by atoms with Crippen molar-refractivity contribution in [3.05, 3.63) is 35.6 Å². The zero-order valence-electron chi connectivity index (χ0n) is 9.89. The summed E-state index contributed by atoms with van der Waals surface area (Å²) in [6.45, 7) is 1.74. The normalized spacial score (nSPS) is 23.2. The van der Waals surface area contributed by atoms with Crippen LogP contribution in [0.4, 0.5) is 4.39 Å². The van der Waals surface area contributed by atoms with Crippen LogP contribution in [0.1, 0.15) is 24.9 Å². The molecule has 0 bridgehead atoms. The molecule has 0 radical (unpaired) electrons. The fourth-order valence-corrected chi connectivity index (χ4v) is 1.94. The van der Waals surface area contributed by atoms with Crippen molar-refractivity contribution in [3.8, 4) is 0 Å². The molecule has 2 N–H and O–H groups in total. The Morgan fingerprint density at radius 3 is 2.72 bits per heavy atom. The molecule has 0 heterocycles. The number of benzene rings is 1. The van der Waals surface area contributed by atoms with Crippen LogP contribution in [0.2, 0.25) is 0 Å². The smallest absolute Gasteiger partial charge is 0.307 e. The minimum absolute atomic E-state index is 0.279. The van der Waals surface area contributed by atoms with E-state index in [1.807, 2.05) is 0 Å². The number of halogens is 1. The van der Waals surface area contributed by atoms with E-state index in [4.69, 9.17) is 5.11 Å². The van der Waals surface area contributed by atoms with E-state index in [2.05, 4.69) is 5.32 Å². The molecule has 0 spiro atoms. The van der Waals surface area contributed by atoms with Gasteiger partial charge in [-0.25, -0.2) is 4.39 Å². The summed E-state index contributed by atoms with van der Waals surface area (Å²) in [5.41, 5.74) is 0.663. The summed E-state index contributed by atoms with van der Waals surface area (Å²) in [4.78, 5) is 22.4. The highest BCUT2D eigenvalue weighted by molar-refractivity contribution is 5.89. The number of hydrogen-bond acceptors (Lipinski definition) is 2. The molecule has 5 heteroatoms. The van der Waals surface area contributed by atoms with Gasteiger partial charge in [0.15, 0.2) is 0 Å². The zero-order chi connectivity index (χ0) is 13.3. The predicted molar refractivity (Wildman–Crippen MR) is 62.2 cm³/mol. The van der Waals surface area contributed by atoms with E-state index in [9.17, 15) is 14.0 Å². The number of rotatable bonds is 4. The first-order valence-electron chi connectivity index (χ1n) is 5.77. The van der Waals surface area contributed by atoms with Gasteiger partial charge in [0.05, 0.1) is 17.9 Å². The SMILES string of the molecule is CC(NC(=O)C1CC1C(=O)O)c1cccc(F)c1. The predicted octanol–water partition coefficient (Wildman–Crippen LogP) is 1.72. The largest absolute Gasteiger partial charge is 0.481 e. The first kappa shape index (κ1) is 12.5. The van der Waals surface area contributed by atoms with Gasteiger partial charge in [-0.2, -0.15) is 0 Å². The topological polar surface area (TPSA) is 66.4 Å². The molecule has 1 aliphatic carbocycles. The van der Waals surface area contributed by atoms with Crippen LogP contribution in [-0.2, 0) is 9.59 Å². The molecule has 1 aromatic rings. The molecule has 4 nitrogen and oxygen atoms in total. The molecule has 0 saturated heterocycles. The summed E-state index contributed by atoms with van der Waals surface area (Å²) < 4.78 is 13.0. The Hall–Kier alpha value is -1.91. The van der Waals surface area contributed by atoms with E-state index in [0.29, 0.717) is 12.0 Å². The highest BCUT2D eigenvalue weighted by Crippen LogP contribution is 2.39. The van der Waals surface area contributed by atoms with Gasteiger partial charge in [-0.1, -0.05) is 12.1 Å². The van der Waals surface area contributed by atoms with E-state index in [0.717, 1.165) is 0 Å². The number of nitrogens with one attached hydrogen (secondary N) is 1. The molecule has 18 heavy (non-hydrogen) atoms. The van der Waals surface area contributed by atoms with Crippen molar-refractivity contribution in [2.75, 3.05) is 0 Å². The second-order valence-electron chi connectivity index (χ2n) is 4.57. The molecule has 2 rings (SSSR count). The second-order valence-corrected chi connectivity index (χ2v) is 4.57. The molecule has 0 aliphatic heterocycles. The second kappa shape index (κ2) is 4.76. The molecular weight excluding hydrogens is 237 g/mol. The van der Waals surface area contributed by atoms with Crippen molar-refractivity contribution in [2.24, 2.45) is 11.8 Å². The lowest BCUT2D eigenvalue weighted by Crippen LogP contribution is -2.29. The Kier molecular flexibility index (Phi) is 3.32. The molecule has 1 fully saturated rings. The van der Waals surface area contributed by atoms with Crippen molar-refractivity contribution >= 4 is 11.9 Å². The minimum Gasteiger partial charge on any atom is -0.481 e. The lowest BCUT2D eigenvalue weighted by atomic mass is 10.1. The van der Waals surface area contributed by atoms with E-state index in [-0.39, 0.29) is 17.8 Å². The molecule has 0 aromatic heterocycles. The first-order valence-corrected chi connectivity index (χ1v) is 5.77. The number of carboxylic acid groups (broad SMARTS) is 1. The molecule has 1 aromatic carbocycles. The van der Waals surface area contributed by atoms with Gasteiger partial charge in [0, 0.05) is 0 Å². The van der Waals surface area contributed by atoms with E-state index >= 15 is 0 Å². The maximum absolute atomic E-state index is 13.0. The van der Waals surface area contributed by atoms with Crippen LogP contribution < -0.4 is 5.32 Å². The van der Waals surface area contributed by atoms with Crippen LogP contribution in [0.25, 0.3) is 0 Å². The van der Waals surface area contributed by atoms with Gasteiger partial charge in [0.1, 0.15) is 5.82 Å². The molecule has 1 saturated carbocycles. The molecule has 3 atom stereocenters. The third kappa shape index (κ3) is 2.67. The summed E-state index contributed by atoms with van der Waals surface area (Å²) in [7, 11) is 0. The monoisotopic (exact) mass is 251 g/mol. The van der Waals surface area contributed by atoms with Crippen molar-refractivity contribution in [1.82, 2.24) is 5.32 Å². The molecule has 96 valence electrons. The van der Waals surface area contributed by atoms with Crippen molar-refractivity contribution in [1.29, 1.82) is 0 Å². The van der Waals surface area contributed by atoms with Crippen molar-refractivity contribution < 1.29 is 19.1 Å².